The van der Waals surface area contributed by atoms with Crippen molar-refractivity contribution in [1.29, 1.82) is 0 Å². The zero-order chi connectivity index (χ0) is 9.54. The fourth-order valence-electron chi connectivity index (χ4n) is 2.30. The van der Waals surface area contributed by atoms with E-state index in [2.05, 4.69) is 24.3 Å². The van der Waals surface area contributed by atoms with Crippen molar-refractivity contribution in [3.05, 3.63) is 58.7 Å². The van der Waals surface area contributed by atoms with Gasteiger partial charge in [0, 0.05) is 5.57 Å². The Balaban J connectivity index is 2.21. The van der Waals surface area contributed by atoms with E-state index in [1.165, 1.54) is 16.7 Å². The molecule has 0 heterocycles. The number of hydrogen-bond donors (Lipinski definition) is 0. The minimum absolute atomic E-state index is 0.177. The van der Waals surface area contributed by atoms with Crippen molar-refractivity contribution in [2.75, 3.05) is 0 Å². The third-order valence-electron chi connectivity index (χ3n) is 2.94. The largest absolute Gasteiger partial charge is 0.289 e. The highest BCUT2D eigenvalue weighted by atomic mass is 16.1. The molecule has 0 N–H and O–H groups in total. The monoisotopic (exact) mass is 182 g/mol. The molecule has 0 radical (unpaired) electrons. The van der Waals surface area contributed by atoms with Gasteiger partial charge in [0.2, 0.25) is 0 Å². The van der Waals surface area contributed by atoms with E-state index in [4.69, 9.17) is 0 Å². The Morgan fingerprint density at radius 1 is 1.07 bits per heavy atom. The van der Waals surface area contributed by atoms with Gasteiger partial charge in [-0.05, 0) is 35.6 Å². The van der Waals surface area contributed by atoms with Gasteiger partial charge in [0.25, 0.3) is 0 Å². The van der Waals surface area contributed by atoms with Crippen molar-refractivity contribution in [2.24, 2.45) is 0 Å². The van der Waals surface area contributed by atoms with Crippen molar-refractivity contribution in [1.82, 2.24) is 0 Å². The van der Waals surface area contributed by atoms with Gasteiger partial charge in [0.1, 0.15) is 0 Å². The molecule has 14 heavy (non-hydrogen) atoms. The molecule has 1 nitrogen and oxygen atoms in total. The summed E-state index contributed by atoms with van der Waals surface area (Å²) in [6, 6.07) is 0. The van der Waals surface area contributed by atoms with Gasteiger partial charge in [-0.25, -0.2) is 0 Å². The van der Waals surface area contributed by atoms with E-state index in [-0.39, 0.29) is 5.78 Å². The van der Waals surface area contributed by atoms with Gasteiger partial charge in [-0.3, -0.25) is 4.79 Å². The lowest BCUT2D eigenvalue weighted by Gasteiger charge is -2.08. The molecule has 3 rings (SSSR count). The summed E-state index contributed by atoms with van der Waals surface area (Å²) in [5.74, 6) is 0.177. The molecule has 1 heteroatoms. The van der Waals surface area contributed by atoms with E-state index >= 15 is 0 Å². The fourth-order valence-corrected chi connectivity index (χ4v) is 2.30. The predicted molar refractivity (Wildman–Crippen MR) is 55.7 cm³/mol. The van der Waals surface area contributed by atoms with Crippen LogP contribution in [-0.2, 0) is 4.79 Å². The Bertz CT molecular complexity index is 467. The maximum Gasteiger partial charge on any atom is 0.186 e. The van der Waals surface area contributed by atoms with Crippen molar-refractivity contribution in [3.63, 3.8) is 0 Å². The van der Waals surface area contributed by atoms with Gasteiger partial charge < -0.3 is 0 Å². The molecule has 3 aliphatic rings. The lowest BCUT2D eigenvalue weighted by Crippen LogP contribution is -2.03. The number of allylic oxidation sites excluding steroid dienone is 10. The number of carbonyl (C=O) groups excluding carboxylic acids is 1. The van der Waals surface area contributed by atoms with Crippen LogP contribution in [0.25, 0.3) is 0 Å². The Hall–Kier alpha value is -1.63. The first-order chi connectivity index (χ1) is 6.86. The maximum absolute atomic E-state index is 11.7. The van der Waals surface area contributed by atoms with Crippen LogP contribution >= 0.6 is 0 Å². The Labute approximate surface area is 82.8 Å². The molecule has 0 amide bonds. The summed E-state index contributed by atoms with van der Waals surface area (Å²) in [6.07, 6.45) is 13.7. The molecule has 68 valence electrons. The Kier molecular flexibility index (Phi) is 1.48. The van der Waals surface area contributed by atoms with E-state index < -0.39 is 0 Å². The van der Waals surface area contributed by atoms with Crippen molar-refractivity contribution in [3.8, 4) is 0 Å². The van der Waals surface area contributed by atoms with Crippen molar-refractivity contribution < 1.29 is 4.79 Å². The van der Waals surface area contributed by atoms with Crippen molar-refractivity contribution in [2.45, 2.75) is 12.8 Å². The summed E-state index contributed by atoms with van der Waals surface area (Å²) in [6.45, 7) is 0. The first-order valence-corrected chi connectivity index (χ1v) is 4.87. The molecular formula is C13H10O. The second-order valence-corrected chi connectivity index (χ2v) is 3.77. The summed E-state index contributed by atoms with van der Waals surface area (Å²) in [7, 11) is 0. The van der Waals surface area contributed by atoms with Gasteiger partial charge in [-0.15, -0.1) is 0 Å². The second-order valence-electron chi connectivity index (χ2n) is 3.77. The molecule has 0 unspecified atom stereocenters. The van der Waals surface area contributed by atoms with Crippen LogP contribution in [0.3, 0.4) is 0 Å². The SMILES string of the molecule is O=C1C=CC=C2CC3=CC=CCC3=C12. The number of carbonyl (C=O) groups is 1. The molecule has 0 saturated carbocycles. The first kappa shape index (κ1) is 7.74. The molecule has 0 aromatic rings. The predicted octanol–water partition coefficient (Wildman–Crippen LogP) is 2.64. The highest BCUT2D eigenvalue weighted by Crippen LogP contribution is 2.41. The standard InChI is InChI=1S/C13H10O/c14-12-7-3-5-10-8-9-4-1-2-6-11(9)13(10)12/h1-5,7H,6,8H2. The number of fused-ring (bicyclic) bond motifs is 2. The lowest BCUT2D eigenvalue weighted by molar-refractivity contribution is -0.111. The van der Waals surface area contributed by atoms with Gasteiger partial charge in [-0.2, -0.15) is 0 Å². The van der Waals surface area contributed by atoms with E-state index in [0.717, 1.165) is 18.4 Å². The molecule has 0 aliphatic heterocycles. The number of rotatable bonds is 0. The molecule has 0 fully saturated rings. The lowest BCUT2D eigenvalue weighted by atomic mass is 9.95. The van der Waals surface area contributed by atoms with Crippen LogP contribution in [0.5, 0.6) is 0 Å². The highest BCUT2D eigenvalue weighted by Gasteiger charge is 2.28. The van der Waals surface area contributed by atoms with Crippen LogP contribution in [0, 0.1) is 0 Å². The molecule has 0 aromatic carbocycles. The highest BCUT2D eigenvalue weighted by molar-refractivity contribution is 6.11. The van der Waals surface area contributed by atoms with E-state index in [0.29, 0.717) is 0 Å². The van der Waals surface area contributed by atoms with E-state index in [1.54, 1.807) is 6.08 Å². The number of ketones is 1. The molecule has 0 spiro atoms. The smallest absolute Gasteiger partial charge is 0.186 e. The zero-order valence-electron chi connectivity index (χ0n) is 7.79. The summed E-state index contributed by atoms with van der Waals surface area (Å²) in [5, 5.41) is 0. The van der Waals surface area contributed by atoms with Crippen LogP contribution < -0.4 is 0 Å². The summed E-state index contributed by atoms with van der Waals surface area (Å²) >= 11 is 0. The summed E-state index contributed by atoms with van der Waals surface area (Å²) in [4.78, 5) is 11.7. The average molecular weight is 182 g/mol. The van der Waals surface area contributed by atoms with E-state index in [9.17, 15) is 4.79 Å². The number of hydrogen-bond acceptors (Lipinski definition) is 1. The third kappa shape index (κ3) is 0.925. The van der Waals surface area contributed by atoms with E-state index in [1.807, 2.05) is 6.08 Å². The van der Waals surface area contributed by atoms with Gasteiger partial charge in [-0.1, -0.05) is 30.4 Å². The van der Waals surface area contributed by atoms with Gasteiger partial charge in [0.15, 0.2) is 5.78 Å². The normalized spacial score (nSPS) is 23.3. The summed E-state index contributed by atoms with van der Waals surface area (Å²) < 4.78 is 0. The minimum atomic E-state index is 0.177. The third-order valence-corrected chi connectivity index (χ3v) is 2.94. The van der Waals surface area contributed by atoms with Crippen LogP contribution in [0.2, 0.25) is 0 Å². The molecule has 0 atom stereocenters. The quantitative estimate of drug-likeness (QED) is 0.563. The molecule has 0 saturated heterocycles. The van der Waals surface area contributed by atoms with Crippen molar-refractivity contribution >= 4 is 5.78 Å². The van der Waals surface area contributed by atoms with Crippen LogP contribution in [-0.4, -0.2) is 5.78 Å². The Morgan fingerprint density at radius 3 is 2.86 bits per heavy atom. The molecule has 0 aromatic heterocycles. The summed E-state index contributed by atoms with van der Waals surface area (Å²) in [5.41, 5.74) is 4.73. The van der Waals surface area contributed by atoms with Crippen LogP contribution in [0.1, 0.15) is 12.8 Å². The maximum atomic E-state index is 11.7. The second kappa shape index (κ2) is 2.68. The average Bonchev–Trinajstić information content (AvgIpc) is 2.57. The Morgan fingerprint density at radius 2 is 1.93 bits per heavy atom. The van der Waals surface area contributed by atoms with Crippen LogP contribution in [0.15, 0.2) is 58.7 Å². The molecule has 3 aliphatic carbocycles. The first-order valence-electron chi connectivity index (χ1n) is 4.87. The molecular weight excluding hydrogens is 172 g/mol. The minimum Gasteiger partial charge on any atom is -0.289 e. The van der Waals surface area contributed by atoms with Gasteiger partial charge in [0.05, 0.1) is 0 Å². The van der Waals surface area contributed by atoms with Gasteiger partial charge >= 0.3 is 0 Å². The zero-order valence-corrected chi connectivity index (χ0v) is 7.79. The molecule has 0 bridgehead atoms. The topological polar surface area (TPSA) is 17.1 Å². The van der Waals surface area contributed by atoms with Crippen LogP contribution in [0.4, 0.5) is 0 Å². The fraction of sp³-hybridized carbons (Fsp3) is 0.154.